The molecule has 2 aromatic rings. The fourth-order valence-electron chi connectivity index (χ4n) is 4.46. The van der Waals surface area contributed by atoms with Gasteiger partial charge in [-0.1, -0.05) is 0 Å². The maximum Gasteiger partial charge on any atom is 0.254 e. The Bertz CT molecular complexity index is 938. The van der Waals surface area contributed by atoms with Gasteiger partial charge in [-0.15, -0.1) is 0 Å². The molecule has 6 nitrogen and oxygen atoms in total. The zero-order valence-corrected chi connectivity index (χ0v) is 16.5. The maximum atomic E-state index is 13.8. The Kier molecular flexibility index (Phi) is 4.65. The smallest absolute Gasteiger partial charge is 0.254 e. The van der Waals surface area contributed by atoms with E-state index in [1.807, 2.05) is 13.8 Å². The van der Waals surface area contributed by atoms with Crippen molar-refractivity contribution in [3.05, 3.63) is 35.3 Å². The van der Waals surface area contributed by atoms with Crippen molar-refractivity contribution >= 4 is 22.7 Å². The van der Waals surface area contributed by atoms with Crippen LogP contribution in [0.25, 0.3) is 10.9 Å². The Balaban J connectivity index is 1.67. The van der Waals surface area contributed by atoms with Gasteiger partial charge in [0.05, 0.1) is 18.3 Å². The van der Waals surface area contributed by atoms with Gasteiger partial charge in [-0.3, -0.25) is 9.59 Å². The van der Waals surface area contributed by atoms with E-state index < -0.39 is 5.54 Å². The van der Waals surface area contributed by atoms with Gasteiger partial charge in [0.2, 0.25) is 5.91 Å². The van der Waals surface area contributed by atoms with Crippen molar-refractivity contribution in [2.75, 3.05) is 26.2 Å². The number of rotatable bonds is 5. The number of nitrogens with one attached hydrogen (secondary N) is 1. The zero-order chi connectivity index (χ0) is 20.1. The van der Waals surface area contributed by atoms with Gasteiger partial charge in [0.15, 0.2) is 5.54 Å². The van der Waals surface area contributed by atoms with Crippen LogP contribution in [-0.4, -0.2) is 58.9 Å². The van der Waals surface area contributed by atoms with Gasteiger partial charge in [0, 0.05) is 30.6 Å². The van der Waals surface area contributed by atoms with E-state index in [1.165, 1.54) is 12.1 Å². The first-order valence-corrected chi connectivity index (χ1v) is 9.84. The van der Waals surface area contributed by atoms with Gasteiger partial charge in [-0.25, -0.2) is 4.39 Å². The van der Waals surface area contributed by atoms with Crippen molar-refractivity contribution in [1.29, 1.82) is 0 Å². The molecule has 0 unspecified atom stereocenters. The number of aromatic nitrogens is 1. The highest BCUT2D eigenvalue weighted by Crippen LogP contribution is 2.42. The summed E-state index contributed by atoms with van der Waals surface area (Å²) in [5.74, 6) is -0.452. The second kappa shape index (κ2) is 6.88. The molecule has 7 heteroatoms. The van der Waals surface area contributed by atoms with Gasteiger partial charge in [-0.2, -0.15) is 0 Å². The summed E-state index contributed by atoms with van der Waals surface area (Å²) in [6.07, 6.45) is 1.42. The number of piperazine rings is 1. The lowest BCUT2D eigenvalue weighted by molar-refractivity contribution is -0.166. The lowest BCUT2D eigenvalue weighted by Gasteiger charge is -2.49. The fraction of sp³-hybridized carbons (Fsp3) is 0.524. The summed E-state index contributed by atoms with van der Waals surface area (Å²) in [5, 5.41) is 0.790. The van der Waals surface area contributed by atoms with Crippen molar-refractivity contribution in [2.24, 2.45) is 0 Å². The minimum atomic E-state index is -1.09. The highest BCUT2D eigenvalue weighted by molar-refractivity contribution is 6.00. The molecule has 2 aliphatic heterocycles. The monoisotopic (exact) mass is 387 g/mol. The summed E-state index contributed by atoms with van der Waals surface area (Å²) in [4.78, 5) is 32.9. The van der Waals surface area contributed by atoms with Crippen molar-refractivity contribution in [3.8, 4) is 0 Å². The highest BCUT2D eigenvalue weighted by atomic mass is 19.1. The molecule has 0 radical (unpaired) electrons. The lowest BCUT2D eigenvalue weighted by Crippen LogP contribution is -2.67. The van der Waals surface area contributed by atoms with Crippen molar-refractivity contribution in [1.82, 2.24) is 14.8 Å². The first kappa shape index (κ1) is 18.9. The SMILES string of the molecule is CC(C)OCCCN1CC(=O)N2CCc3c([nH]c4ccc(F)cc34)[C@@]2(C)C1=O. The Hall–Kier alpha value is -2.41. The second-order valence-corrected chi connectivity index (χ2v) is 8.04. The molecule has 0 bridgehead atoms. The molecule has 0 spiro atoms. The Morgan fingerprint density at radius 1 is 1.32 bits per heavy atom. The number of nitrogens with zero attached hydrogens (tertiary/aromatic N) is 2. The van der Waals surface area contributed by atoms with Gasteiger partial charge in [0.25, 0.3) is 5.91 Å². The van der Waals surface area contributed by atoms with E-state index in [0.29, 0.717) is 38.2 Å². The summed E-state index contributed by atoms with van der Waals surface area (Å²) in [7, 11) is 0. The van der Waals surface area contributed by atoms with Crippen LogP contribution >= 0.6 is 0 Å². The third-order valence-electron chi connectivity index (χ3n) is 5.83. The Morgan fingerprint density at radius 3 is 2.86 bits per heavy atom. The molecule has 0 aliphatic carbocycles. The van der Waals surface area contributed by atoms with Gasteiger partial charge in [0.1, 0.15) is 5.82 Å². The third-order valence-corrected chi connectivity index (χ3v) is 5.83. The molecule has 0 saturated carbocycles. The van der Waals surface area contributed by atoms with Gasteiger partial charge < -0.3 is 19.5 Å². The van der Waals surface area contributed by atoms with E-state index in [0.717, 1.165) is 16.5 Å². The fourth-order valence-corrected chi connectivity index (χ4v) is 4.46. The van der Waals surface area contributed by atoms with Crippen molar-refractivity contribution in [2.45, 2.75) is 45.3 Å². The summed E-state index contributed by atoms with van der Waals surface area (Å²) < 4.78 is 19.3. The number of hydrogen-bond donors (Lipinski definition) is 1. The summed E-state index contributed by atoms with van der Waals surface area (Å²) >= 11 is 0. The van der Waals surface area contributed by atoms with Crippen LogP contribution in [0.15, 0.2) is 18.2 Å². The van der Waals surface area contributed by atoms with Crippen LogP contribution in [0.5, 0.6) is 0 Å². The zero-order valence-electron chi connectivity index (χ0n) is 16.5. The number of carbonyl (C=O) groups is 2. The molecule has 28 heavy (non-hydrogen) atoms. The minimum Gasteiger partial charge on any atom is -0.379 e. The van der Waals surface area contributed by atoms with E-state index in [2.05, 4.69) is 4.98 Å². The molecule has 3 heterocycles. The lowest BCUT2D eigenvalue weighted by atomic mass is 9.83. The van der Waals surface area contributed by atoms with Crippen LogP contribution < -0.4 is 0 Å². The number of ether oxygens (including phenoxy) is 1. The molecule has 150 valence electrons. The third kappa shape index (κ3) is 2.89. The molecule has 4 rings (SSSR count). The molecule has 1 aromatic heterocycles. The van der Waals surface area contributed by atoms with E-state index in [4.69, 9.17) is 4.74 Å². The van der Waals surface area contributed by atoms with Gasteiger partial charge in [-0.05, 0) is 57.4 Å². The van der Waals surface area contributed by atoms with Crippen LogP contribution in [0.2, 0.25) is 0 Å². The number of amides is 2. The van der Waals surface area contributed by atoms with Crippen LogP contribution in [0, 0.1) is 5.82 Å². The van der Waals surface area contributed by atoms with Gasteiger partial charge >= 0.3 is 0 Å². The number of fused-ring (bicyclic) bond motifs is 5. The maximum absolute atomic E-state index is 13.8. The standard InChI is InChI=1S/C21H26FN3O3/c1-13(2)28-10-4-8-24-12-18(26)25-9-7-15-16-11-14(22)5-6-17(16)23-19(15)21(25,3)20(24)27/h5-6,11,13,23H,4,7-10,12H2,1-3H3/t21-/m0/s1. The predicted octanol–water partition coefficient (Wildman–Crippen LogP) is 2.56. The number of hydrogen-bond acceptors (Lipinski definition) is 3. The summed E-state index contributed by atoms with van der Waals surface area (Å²) in [6, 6.07) is 4.59. The van der Waals surface area contributed by atoms with E-state index in [-0.39, 0.29) is 30.3 Å². The Labute approximate surface area is 163 Å². The average Bonchev–Trinajstić information content (AvgIpc) is 3.02. The molecular weight excluding hydrogens is 361 g/mol. The quantitative estimate of drug-likeness (QED) is 0.802. The Morgan fingerprint density at radius 2 is 2.11 bits per heavy atom. The normalized spacial score (nSPS) is 22.2. The highest BCUT2D eigenvalue weighted by Gasteiger charge is 2.53. The molecule has 1 saturated heterocycles. The molecule has 1 aromatic carbocycles. The number of halogens is 1. The second-order valence-electron chi connectivity index (χ2n) is 8.04. The number of aromatic amines is 1. The first-order chi connectivity index (χ1) is 13.3. The first-order valence-electron chi connectivity index (χ1n) is 9.84. The van der Waals surface area contributed by atoms with E-state index in [1.54, 1.807) is 22.8 Å². The molecule has 1 N–H and O–H groups in total. The van der Waals surface area contributed by atoms with E-state index >= 15 is 0 Å². The molecule has 2 aliphatic rings. The predicted molar refractivity (Wildman–Crippen MR) is 103 cm³/mol. The topological polar surface area (TPSA) is 65.6 Å². The van der Waals surface area contributed by atoms with Crippen molar-refractivity contribution < 1.29 is 18.7 Å². The number of benzene rings is 1. The minimum absolute atomic E-state index is 0.0534. The molecule has 1 fully saturated rings. The molecule has 2 amide bonds. The van der Waals surface area contributed by atoms with Crippen LogP contribution in [-0.2, 0) is 26.3 Å². The number of carbonyl (C=O) groups excluding carboxylic acids is 2. The molecule has 1 atom stereocenters. The van der Waals surface area contributed by atoms with Crippen LogP contribution in [0.4, 0.5) is 4.39 Å². The average molecular weight is 387 g/mol. The largest absolute Gasteiger partial charge is 0.379 e. The summed E-state index contributed by atoms with van der Waals surface area (Å²) in [6.45, 7) is 7.32. The van der Waals surface area contributed by atoms with E-state index in [9.17, 15) is 14.0 Å². The molecular formula is C21H26FN3O3. The van der Waals surface area contributed by atoms with Crippen LogP contribution in [0.1, 0.15) is 38.4 Å². The van der Waals surface area contributed by atoms with Crippen molar-refractivity contribution in [3.63, 3.8) is 0 Å². The number of H-pyrrole nitrogens is 1. The van der Waals surface area contributed by atoms with Crippen LogP contribution in [0.3, 0.4) is 0 Å². The summed E-state index contributed by atoms with van der Waals surface area (Å²) in [5.41, 5.74) is 1.34.